The van der Waals surface area contributed by atoms with Gasteiger partial charge in [0.15, 0.2) is 0 Å². The van der Waals surface area contributed by atoms with Crippen molar-refractivity contribution < 1.29 is 0 Å². The van der Waals surface area contributed by atoms with E-state index >= 15 is 0 Å². The third-order valence-corrected chi connectivity index (χ3v) is 5.06. The molecular weight excluding hydrogens is 338 g/mol. The van der Waals surface area contributed by atoms with Crippen LogP contribution in [-0.4, -0.2) is 6.54 Å². The van der Waals surface area contributed by atoms with Crippen LogP contribution in [0.3, 0.4) is 0 Å². The van der Waals surface area contributed by atoms with Crippen molar-refractivity contribution in [1.82, 2.24) is 5.32 Å². The SMILES string of the molecule is CC(C)CCCCCCCCCCCCCCNCc1ccccc1.Cl. The van der Waals surface area contributed by atoms with Crippen molar-refractivity contribution in [2.45, 2.75) is 104 Å². The monoisotopic (exact) mass is 381 g/mol. The Morgan fingerprint density at radius 2 is 1.12 bits per heavy atom. The van der Waals surface area contributed by atoms with Crippen LogP contribution in [0.5, 0.6) is 0 Å². The number of unbranched alkanes of at least 4 members (excludes halogenated alkanes) is 11. The highest BCUT2D eigenvalue weighted by Gasteiger charge is 1.96. The van der Waals surface area contributed by atoms with Crippen molar-refractivity contribution >= 4 is 12.4 Å². The van der Waals surface area contributed by atoms with Gasteiger partial charge in [-0.25, -0.2) is 0 Å². The molecule has 0 aliphatic heterocycles. The molecule has 0 aromatic heterocycles. The Morgan fingerprint density at radius 3 is 1.62 bits per heavy atom. The van der Waals surface area contributed by atoms with Gasteiger partial charge >= 0.3 is 0 Å². The van der Waals surface area contributed by atoms with Crippen LogP contribution >= 0.6 is 12.4 Å². The lowest BCUT2D eigenvalue weighted by Crippen LogP contribution is -2.14. The highest BCUT2D eigenvalue weighted by atomic mass is 35.5. The first-order chi connectivity index (χ1) is 12.3. The summed E-state index contributed by atoms with van der Waals surface area (Å²) in [6.45, 7) is 6.84. The second kappa shape index (κ2) is 19.2. The van der Waals surface area contributed by atoms with Crippen molar-refractivity contribution in [1.29, 1.82) is 0 Å². The van der Waals surface area contributed by atoms with Gasteiger partial charge in [0.1, 0.15) is 0 Å². The largest absolute Gasteiger partial charge is 0.313 e. The van der Waals surface area contributed by atoms with E-state index in [0.717, 1.165) is 19.0 Å². The molecule has 0 amide bonds. The van der Waals surface area contributed by atoms with Gasteiger partial charge in [-0.15, -0.1) is 12.4 Å². The fraction of sp³-hybridized carbons (Fsp3) is 0.750. The van der Waals surface area contributed by atoms with Gasteiger partial charge in [0.2, 0.25) is 0 Å². The Balaban J connectivity index is 0.00000625. The molecule has 0 aliphatic rings. The minimum Gasteiger partial charge on any atom is -0.313 e. The average molecular weight is 382 g/mol. The van der Waals surface area contributed by atoms with E-state index in [4.69, 9.17) is 0 Å². The number of halogens is 1. The molecule has 0 unspecified atom stereocenters. The Labute approximate surface area is 170 Å². The van der Waals surface area contributed by atoms with Crippen molar-refractivity contribution in [3.05, 3.63) is 35.9 Å². The van der Waals surface area contributed by atoms with E-state index in [0.29, 0.717) is 0 Å². The maximum Gasteiger partial charge on any atom is 0.0205 e. The van der Waals surface area contributed by atoms with E-state index in [1.807, 2.05) is 0 Å². The third-order valence-electron chi connectivity index (χ3n) is 5.06. The van der Waals surface area contributed by atoms with Crippen LogP contribution in [0.25, 0.3) is 0 Å². The second-order valence-electron chi connectivity index (χ2n) is 8.09. The molecule has 1 rings (SSSR count). The van der Waals surface area contributed by atoms with Gasteiger partial charge in [0, 0.05) is 6.54 Å². The zero-order chi connectivity index (χ0) is 18.0. The van der Waals surface area contributed by atoms with Crippen LogP contribution in [0.2, 0.25) is 0 Å². The highest BCUT2D eigenvalue weighted by Crippen LogP contribution is 2.14. The minimum atomic E-state index is 0. The van der Waals surface area contributed by atoms with Gasteiger partial charge < -0.3 is 5.32 Å². The van der Waals surface area contributed by atoms with Crippen molar-refractivity contribution in [3.63, 3.8) is 0 Å². The Kier molecular flexibility index (Phi) is 18.8. The fourth-order valence-corrected chi connectivity index (χ4v) is 3.40. The molecule has 0 saturated heterocycles. The number of rotatable bonds is 17. The number of hydrogen-bond donors (Lipinski definition) is 1. The van der Waals surface area contributed by atoms with Crippen molar-refractivity contribution in [2.24, 2.45) is 5.92 Å². The molecule has 152 valence electrons. The second-order valence-corrected chi connectivity index (χ2v) is 8.09. The van der Waals surface area contributed by atoms with E-state index in [1.54, 1.807) is 0 Å². The van der Waals surface area contributed by atoms with Gasteiger partial charge in [0.25, 0.3) is 0 Å². The topological polar surface area (TPSA) is 12.0 Å². The lowest BCUT2D eigenvalue weighted by Gasteiger charge is -2.06. The lowest BCUT2D eigenvalue weighted by molar-refractivity contribution is 0.502. The standard InChI is InChI=1S/C24H43N.ClH/c1-23(2)18-14-11-9-7-5-3-4-6-8-10-12-17-21-25-22-24-19-15-13-16-20-24;/h13,15-16,19-20,23,25H,3-12,14,17-18,21-22H2,1-2H3;1H. The van der Waals surface area contributed by atoms with Crippen LogP contribution in [0.4, 0.5) is 0 Å². The Bertz CT molecular complexity index is 377. The summed E-state index contributed by atoms with van der Waals surface area (Å²) in [5.74, 6) is 0.889. The molecule has 1 aromatic carbocycles. The van der Waals surface area contributed by atoms with Crippen molar-refractivity contribution in [2.75, 3.05) is 6.54 Å². The molecule has 26 heavy (non-hydrogen) atoms. The van der Waals surface area contributed by atoms with E-state index < -0.39 is 0 Å². The summed E-state index contributed by atoms with van der Waals surface area (Å²) in [4.78, 5) is 0. The van der Waals surface area contributed by atoms with E-state index in [9.17, 15) is 0 Å². The first-order valence-corrected chi connectivity index (χ1v) is 11.0. The van der Waals surface area contributed by atoms with Crippen LogP contribution in [0.1, 0.15) is 103 Å². The summed E-state index contributed by atoms with van der Waals surface area (Å²) in [6.07, 6.45) is 18.6. The molecule has 2 heteroatoms. The maximum atomic E-state index is 3.55. The van der Waals surface area contributed by atoms with E-state index in [2.05, 4.69) is 49.5 Å². The summed E-state index contributed by atoms with van der Waals surface area (Å²) in [7, 11) is 0. The summed E-state index contributed by atoms with van der Waals surface area (Å²) in [6, 6.07) is 10.7. The minimum absolute atomic E-state index is 0. The Hall–Kier alpha value is -0.530. The molecule has 0 atom stereocenters. The van der Waals surface area contributed by atoms with Crippen LogP contribution in [0, 0.1) is 5.92 Å². The third kappa shape index (κ3) is 16.9. The zero-order valence-electron chi connectivity index (χ0n) is 17.5. The number of nitrogens with one attached hydrogen (secondary N) is 1. The predicted molar refractivity (Wildman–Crippen MR) is 120 cm³/mol. The molecule has 0 spiro atoms. The molecule has 0 aliphatic carbocycles. The molecule has 0 fully saturated rings. The molecule has 0 saturated carbocycles. The molecule has 1 aromatic rings. The van der Waals surface area contributed by atoms with Gasteiger partial charge in [0.05, 0.1) is 0 Å². The smallest absolute Gasteiger partial charge is 0.0205 e. The molecule has 1 nitrogen and oxygen atoms in total. The van der Waals surface area contributed by atoms with Gasteiger partial charge in [-0.2, -0.15) is 0 Å². The van der Waals surface area contributed by atoms with E-state index in [-0.39, 0.29) is 12.4 Å². The first kappa shape index (κ1) is 25.5. The zero-order valence-corrected chi connectivity index (χ0v) is 18.3. The maximum absolute atomic E-state index is 3.55. The highest BCUT2D eigenvalue weighted by molar-refractivity contribution is 5.85. The summed E-state index contributed by atoms with van der Waals surface area (Å²) in [5, 5.41) is 3.55. The summed E-state index contributed by atoms with van der Waals surface area (Å²) in [5.41, 5.74) is 1.39. The molecule has 0 radical (unpaired) electrons. The first-order valence-electron chi connectivity index (χ1n) is 11.0. The van der Waals surface area contributed by atoms with E-state index in [1.165, 1.54) is 89.0 Å². The van der Waals surface area contributed by atoms with Crippen molar-refractivity contribution in [3.8, 4) is 0 Å². The average Bonchev–Trinajstić information content (AvgIpc) is 2.62. The molecular formula is C24H44ClN. The fourth-order valence-electron chi connectivity index (χ4n) is 3.40. The quantitative estimate of drug-likeness (QED) is 0.270. The van der Waals surface area contributed by atoms with Gasteiger partial charge in [-0.05, 0) is 24.4 Å². The van der Waals surface area contributed by atoms with Gasteiger partial charge in [-0.1, -0.05) is 121 Å². The number of hydrogen-bond acceptors (Lipinski definition) is 1. The van der Waals surface area contributed by atoms with Crippen LogP contribution in [-0.2, 0) is 6.54 Å². The number of benzene rings is 1. The predicted octanol–water partition coefficient (Wildman–Crippen LogP) is 7.93. The lowest BCUT2D eigenvalue weighted by atomic mass is 10.0. The summed E-state index contributed by atoms with van der Waals surface area (Å²) >= 11 is 0. The molecule has 1 N–H and O–H groups in total. The summed E-state index contributed by atoms with van der Waals surface area (Å²) < 4.78 is 0. The molecule has 0 heterocycles. The van der Waals surface area contributed by atoms with Crippen LogP contribution in [0.15, 0.2) is 30.3 Å². The molecule has 0 bridgehead atoms. The Morgan fingerprint density at radius 1 is 0.654 bits per heavy atom. The normalized spacial score (nSPS) is 10.9. The van der Waals surface area contributed by atoms with Gasteiger partial charge in [-0.3, -0.25) is 0 Å². The van der Waals surface area contributed by atoms with Crippen LogP contribution < -0.4 is 5.32 Å².